The summed E-state index contributed by atoms with van der Waals surface area (Å²) in [5.41, 5.74) is 3.84. The molecule has 10 heteroatoms. The molecule has 0 atom stereocenters. The van der Waals surface area contributed by atoms with Gasteiger partial charge in [0.05, 0.1) is 0 Å². The van der Waals surface area contributed by atoms with E-state index < -0.39 is 5.91 Å². The van der Waals surface area contributed by atoms with E-state index in [4.69, 9.17) is 4.98 Å². The van der Waals surface area contributed by atoms with E-state index in [0.717, 1.165) is 67.7 Å². The predicted molar refractivity (Wildman–Crippen MR) is 153 cm³/mol. The third-order valence-corrected chi connectivity index (χ3v) is 8.22. The van der Waals surface area contributed by atoms with Crippen LogP contribution >= 0.6 is 0 Å². The van der Waals surface area contributed by atoms with Crippen molar-refractivity contribution in [1.29, 1.82) is 0 Å². The minimum atomic E-state index is -0.466. The minimum absolute atomic E-state index is 0.135. The van der Waals surface area contributed by atoms with Crippen LogP contribution in [0, 0.1) is 5.82 Å². The molecule has 3 aromatic heterocycles. The molecule has 0 spiro atoms. The number of halogens is 1. The lowest BCUT2D eigenvalue weighted by atomic mass is 9.98. The molecule has 9 nitrogen and oxygen atoms in total. The Morgan fingerprint density at radius 1 is 1.05 bits per heavy atom. The maximum atomic E-state index is 14.4. The molecular weight excluding hydrogens is 521 g/mol. The number of nitrogens with zero attached hydrogens (tertiary/aromatic N) is 6. The molecule has 1 aromatic carbocycles. The van der Waals surface area contributed by atoms with E-state index in [1.165, 1.54) is 25.0 Å². The Morgan fingerprint density at radius 3 is 2.56 bits per heavy atom. The second-order valence-electron chi connectivity index (χ2n) is 11.5. The molecule has 2 aliphatic carbocycles. The van der Waals surface area contributed by atoms with Crippen molar-refractivity contribution in [2.45, 2.75) is 57.0 Å². The smallest absolute Gasteiger partial charge is 0.263 e. The highest BCUT2D eigenvalue weighted by molar-refractivity contribution is 6.04. The summed E-state index contributed by atoms with van der Waals surface area (Å²) in [6.45, 7) is 2.79. The molecule has 210 valence electrons. The number of pyridine rings is 2. The highest BCUT2D eigenvalue weighted by atomic mass is 19.1. The average molecular weight is 554 g/mol. The van der Waals surface area contributed by atoms with Crippen molar-refractivity contribution in [3.05, 3.63) is 81.9 Å². The lowest BCUT2D eigenvalue weighted by Crippen LogP contribution is -2.30. The Kier molecular flexibility index (Phi) is 6.50. The number of carbonyl (C=O) groups excluding carboxylic acids is 1. The van der Waals surface area contributed by atoms with Gasteiger partial charge < -0.3 is 14.5 Å². The van der Waals surface area contributed by atoms with Crippen LogP contribution in [0.3, 0.4) is 0 Å². The average Bonchev–Trinajstić information content (AvgIpc) is 3.89. The molecule has 1 aliphatic heterocycles. The van der Waals surface area contributed by atoms with Crippen molar-refractivity contribution in [3.63, 3.8) is 0 Å². The highest BCUT2D eigenvalue weighted by Crippen LogP contribution is 2.42. The van der Waals surface area contributed by atoms with E-state index in [1.54, 1.807) is 33.7 Å². The topological polar surface area (TPSA) is 97.9 Å². The van der Waals surface area contributed by atoms with Crippen LogP contribution in [-0.2, 0) is 13.6 Å². The summed E-state index contributed by atoms with van der Waals surface area (Å²) in [6, 6.07) is 10.3. The second-order valence-corrected chi connectivity index (χ2v) is 11.5. The van der Waals surface area contributed by atoms with Crippen molar-refractivity contribution < 1.29 is 9.18 Å². The first-order valence-electron chi connectivity index (χ1n) is 14.4. The first-order valence-corrected chi connectivity index (χ1v) is 14.4. The number of rotatable bonds is 8. The molecule has 3 fully saturated rings. The maximum Gasteiger partial charge on any atom is 0.263 e. The Balaban J connectivity index is 1.25. The number of anilines is 1. The first kappa shape index (κ1) is 25.8. The zero-order valence-corrected chi connectivity index (χ0v) is 23.0. The zero-order chi connectivity index (χ0) is 28.1. The van der Waals surface area contributed by atoms with Crippen LogP contribution in [0.4, 0.5) is 10.2 Å². The van der Waals surface area contributed by atoms with Crippen LogP contribution in [0.25, 0.3) is 22.5 Å². The summed E-state index contributed by atoms with van der Waals surface area (Å²) < 4.78 is 17.9. The van der Waals surface area contributed by atoms with Crippen molar-refractivity contribution in [1.82, 2.24) is 29.2 Å². The van der Waals surface area contributed by atoms with E-state index in [2.05, 4.69) is 20.4 Å². The van der Waals surface area contributed by atoms with Gasteiger partial charge in [-0.2, -0.15) is 0 Å². The number of aryl methyl sites for hydroxylation is 1. The molecule has 0 radical (unpaired) electrons. The third kappa shape index (κ3) is 5.31. The molecule has 7 rings (SSSR count). The first-order chi connectivity index (χ1) is 19.9. The summed E-state index contributed by atoms with van der Waals surface area (Å²) >= 11 is 0. The quantitative estimate of drug-likeness (QED) is 0.333. The van der Waals surface area contributed by atoms with Crippen LogP contribution in [0.2, 0.25) is 0 Å². The molecule has 0 bridgehead atoms. The number of hydrogen-bond acceptors (Lipinski definition) is 6. The summed E-state index contributed by atoms with van der Waals surface area (Å²) in [5.74, 6) is 0.361. The predicted octanol–water partition coefficient (Wildman–Crippen LogP) is 4.91. The Morgan fingerprint density at radius 2 is 1.85 bits per heavy atom. The molecule has 4 aromatic rings. The monoisotopic (exact) mass is 553 g/mol. The lowest BCUT2D eigenvalue weighted by molar-refractivity contribution is 0.102. The molecule has 4 heterocycles. The van der Waals surface area contributed by atoms with Crippen LogP contribution in [0.1, 0.15) is 72.1 Å². The fourth-order valence-electron chi connectivity index (χ4n) is 5.76. The van der Waals surface area contributed by atoms with Gasteiger partial charge in [-0.25, -0.2) is 9.37 Å². The van der Waals surface area contributed by atoms with E-state index >= 15 is 0 Å². The van der Waals surface area contributed by atoms with Gasteiger partial charge in [0.25, 0.3) is 11.5 Å². The normalized spacial score (nSPS) is 17.2. The van der Waals surface area contributed by atoms with Crippen LogP contribution in [0.15, 0.2) is 53.7 Å². The number of hydrogen-bond donors (Lipinski definition) is 1. The maximum absolute atomic E-state index is 14.4. The van der Waals surface area contributed by atoms with Gasteiger partial charge >= 0.3 is 0 Å². The molecule has 1 N–H and O–H groups in total. The molecule has 2 saturated carbocycles. The van der Waals surface area contributed by atoms with E-state index in [9.17, 15) is 14.0 Å². The van der Waals surface area contributed by atoms with Gasteiger partial charge in [0, 0.05) is 43.0 Å². The van der Waals surface area contributed by atoms with Gasteiger partial charge in [-0.1, -0.05) is 6.07 Å². The lowest BCUT2D eigenvalue weighted by Gasteiger charge is -2.17. The SMILES string of the molecule is Cn1cnnc1-c1cc(F)ccc1-c1cc(NC(=O)c2cc(CN3CCCC3)cn(C3CC3)c2=O)nc(C2CC2)c1. The number of likely N-dealkylation sites (tertiary alicyclic amines) is 1. The standard InChI is InChI=1S/C31H32FN7O2/c1-37-18-33-36-29(37)25-15-22(32)6-9-24(25)21-13-27(20-4-5-20)34-28(14-21)35-30(40)26-12-19(16-38-10-2-3-11-38)17-39(31(26)41)23-7-8-23/h6,9,12-15,17-18,20,23H,2-5,7-8,10-11,16H2,1H3,(H,34,35,40). The molecule has 0 unspecified atom stereocenters. The summed E-state index contributed by atoms with van der Waals surface area (Å²) in [4.78, 5) is 34.2. The number of benzene rings is 1. The molecule has 1 amide bonds. The zero-order valence-electron chi connectivity index (χ0n) is 23.0. The fourth-order valence-corrected chi connectivity index (χ4v) is 5.76. The van der Waals surface area contributed by atoms with Gasteiger partial charge in [-0.05, 0) is 98.6 Å². The summed E-state index contributed by atoms with van der Waals surface area (Å²) in [6.07, 6.45) is 9.80. The van der Waals surface area contributed by atoms with Crippen LogP contribution in [-0.4, -0.2) is 48.2 Å². The van der Waals surface area contributed by atoms with Crippen molar-refractivity contribution in [2.24, 2.45) is 7.05 Å². The highest BCUT2D eigenvalue weighted by Gasteiger charge is 2.29. The van der Waals surface area contributed by atoms with Gasteiger partial charge in [0.1, 0.15) is 23.5 Å². The summed E-state index contributed by atoms with van der Waals surface area (Å²) in [5, 5.41) is 11.1. The molecular formula is C31H32FN7O2. The molecule has 3 aliphatic rings. The van der Waals surface area contributed by atoms with E-state index in [0.29, 0.717) is 23.1 Å². The van der Waals surface area contributed by atoms with Crippen LogP contribution < -0.4 is 10.9 Å². The number of amides is 1. The van der Waals surface area contributed by atoms with Gasteiger partial charge in [-0.3, -0.25) is 14.5 Å². The summed E-state index contributed by atoms with van der Waals surface area (Å²) in [7, 11) is 1.81. The van der Waals surface area contributed by atoms with E-state index in [-0.39, 0.29) is 23.0 Å². The van der Waals surface area contributed by atoms with Crippen molar-refractivity contribution >= 4 is 11.7 Å². The Labute approximate surface area is 237 Å². The molecule has 41 heavy (non-hydrogen) atoms. The van der Waals surface area contributed by atoms with Gasteiger partial charge in [0.15, 0.2) is 5.82 Å². The molecule has 1 saturated heterocycles. The number of aromatic nitrogens is 5. The largest absolute Gasteiger partial charge is 0.317 e. The number of nitrogens with one attached hydrogen (secondary N) is 1. The Hall–Kier alpha value is -4.18. The van der Waals surface area contributed by atoms with Gasteiger partial charge in [-0.15, -0.1) is 10.2 Å². The second kappa shape index (κ2) is 10.3. The minimum Gasteiger partial charge on any atom is -0.317 e. The fraction of sp³-hybridized carbons (Fsp3) is 0.387. The van der Waals surface area contributed by atoms with E-state index in [1.807, 2.05) is 19.3 Å². The van der Waals surface area contributed by atoms with Crippen LogP contribution in [0.5, 0.6) is 0 Å². The third-order valence-electron chi connectivity index (χ3n) is 8.22. The van der Waals surface area contributed by atoms with Gasteiger partial charge in [0.2, 0.25) is 0 Å². The Bertz CT molecular complexity index is 1700. The number of carbonyl (C=O) groups is 1. The van der Waals surface area contributed by atoms with Crippen molar-refractivity contribution in [2.75, 3.05) is 18.4 Å². The van der Waals surface area contributed by atoms with Crippen molar-refractivity contribution in [3.8, 4) is 22.5 Å².